The molecule has 0 saturated carbocycles. The zero-order valence-electron chi connectivity index (χ0n) is 11.3. The van der Waals surface area contributed by atoms with Crippen molar-refractivity contribution in [1.29, 1.82) is 0 Å². The third-order valence-corrected chi connectivity index (χ3v) is 6.01. The molecule has 1 saturated heterocycles. The van der Waals surface area contributed by atoms with Crippen molar-refractivity contribution < 1.29 is 18.5 Å². The van der Waals surface area contributed by atoms with Gasteiger partial charge in [0.25, 0.3) is 0 Å². The molecule has 0 bridgehead atoms. The van der Waals surface area contributed by atoms with Crippen molar-refractivity contribution in [2.75, 3.05) is 24.3 Å². The van der Waals surface area contributed by atoms with Crippen molar-refractivity contribution in [2.24, 2.45) is 0 Å². The maximum absolute atomic E-state index is 11.8. The molecule has 1 heterocycles. The van der Waals surface area contributed by atoms with E-state index in [9.17, 15) is 18.5 Å². The Morgan fingerprint density at radius 3 is 2.85 bits per heavy atom. The van der Waals surface area contributed by atoms with Crippen LogP contribution >= 0.6 is 11.8 Å². The zero-order chi connectivity index (χ0) is 14.8. The highest BCUT2D eigenvalue weighted by Crippen LogP contribution is 2.22. The van der Waals surface area contributed by atoms with E-state index in [0.29, 0.717) is 24.3 Å². The van der Waals surface area contributed by atoms with Crippen molar-refractivity contribution >= 4 is 34.2 Å². The van der Waals surface area contributed by atoms with E-state index in [4.69, 9.17) is 0 Å². The summed E-state index contributed by atoms with van der Waals surface area (Å²) in [6.07, 6.45) is 1.27. The molecule has 1 fully saturated rings. The van der Waals surface area contributed by atoms with Gasteiger partial charge in [-0.2, -0.15) is 11.8 Å². The van der Waals surface area contributed by atoms with E-state index in [1.54, 1.807) is 30.0 Å². The minimum atomic E-state index is -3.12. The molecule has 0 amide bonds. The molecule has 0 radical (unpaired) electrons. The third-order valence-electron chi connectivity index (χ3n) is 3.32. The van der Waals surface area contributed by atoms with Gasteiger partial charge in [-0.3, -0.25) is 4.90 Å². The molecule has 0 aliphatic carbocycles. The Balaban J connectivity index is 2.17. The van der Waals surface area contributed by atoms with Crippen molar-refractivity contribution in [3.8, 4) is 0 Å². The number of sulfone groups is 1. The van der Waals surface area contributed by atoms with Gasteiger partial charge < -0.3 is 10.0 Å². The number of hydrogen-bond donors (Lipinski definition) is 2. The average Bonchev–Trinajstić information content (AvgIpc) is 2.38. The van der Waals surface area contributed by atoms with Gasteiger partial charge in [-0.25, -0.2) is 8.42 Å². The van der Waals surface area contributed by atoms with Crippen LogP contribution in [0.3, 0.4) is 0 Å². The van der Waals surface area contributed by atoms with Crippen LogP contribution in [0.4, 0.5) is 0 Å². The molecule has 2 rings (SSSR count). The van der Waals surface area contributed by atoms with Crippen molar-refractivity contribution in [1.82, 2.24) is 4.90 Å². The summed E-state index contributed by atoms with van der Waals surface area (Å²) in [5.41, 5.74) is 1.31. The maximum Gasteiger partial charge on any atom is 0.488 e. The molecule has 2 N–H and O–H groups in total. The van der Waals surface area contributed by atoms with Crippen LogP contribution in [0.2, 0.25) is 0 Å². The predicted molar refractivity (Wildman–Crippen MR) is 82.6 cm³/mol. The van der Waals surface area contributed by atoms with Gasteiger partial charge in [0.05, 0.1) is 0 Å². The van der Waals surface area contributed by atoms with Crippen molar-refractivity contribution in [3.05, 3.63) is 29.8 Å². The number of benzene rings is 1. The van der Waals surface area contributed by atoms with Gasteiger partial charge in [-0.1, -0.05) is 24.3 Å². The average molecular weight is 315 g/mol. The van der Waals surface area contributed by atoms with E-state index < -0.39 is 22.3 Å². The first-order valence-corrected chi connectivity index (χ1v) is 9.44. The first-order valence-electron chi connectivity index (χ1n) is 6.33. The summed E-state index contributed by atoms with van der Waals surface area (Å²) in [7, 11) is -4.62. The molecule has 1 aromatic carbocycles. The van der Waals surface area contributed by atoms with Gasteiger partial charge in [0.2, 0.25) is 0 Å². The summed E-state index contributed by atoms with van der Waals surface area (Å²) in [6.45, 7) is 1.22. The topological polar surface area (TPSA) is 77.8 Å². The quantitative estimate of drug-likeness (QED) is 0.715. The molecular weight excluding hydrogens is 297 g/mol. The molecule has 0 spiro atoms. The van der Waals surface area contributed by atoms with Gasteiger partial charge >= 0.3 is 7.12 Å². The molecular formula is C12H18BNO4S2. The largest absolute Gasteiger partial charge is 0.488 e. The van der Waals surface area contributed by atoms with Crippen LogP contribution < -0.4 is 5.46 Å². The SMILES string of the molecule is CS(=O)(=O)C1CSCCN1Cc1cccc(B(O)O)c1. The molecule has 110 valence electrons. The maximum atomic E-state index is 11.8. The Hall–Kier alpha value is -0.535. The smallest absolute Gasteiger partial charge is 0.423 e. The molecule has 20 heavy (non-hydrogen) atoms. The van der Waals surface area contributed by atoms with E-state index in [-0.39, 0.29) is 0 Å². The lowest BCUT2D eigenvalue weighted by molar-refractivity contribution is 0.262. The van der Waals surface area contributed by atoms with Gasteiger partial charge in [-0.15, -0.1) is 0 Å². The summed E-state index contributed by atoms with van der Waals surface area (Å²) in [6, 6.07) is 6.95. The summed E-state index contributed by atoms with van der Waals surface area (Å²) < 4.78 is 23.7. The highest BCUT2D eigenvalue weighted by atomic mass is 32.2. The van der Waals surface area contributed by atoms with Crippen LogP contribution in [-0.4, -0.2) is 60.2 Å². The summed E-state index contributed by atoms with van der Waals surface area (Å²) in [5.74, 6) is 1.50. The molecule has 1 unspecified atom stereocenters. The van der Waals surface area contributed by atoms with E-state index in [1.807, 2.05) is 11.0 Å². The van der Waals surface area contributed by atoms with Gasteiger partial charge in [0, 0.05) is 30.9 Å². The molecule has 5 nitrogen and oxygen atoms in total. The van der Waals surface area contributed by atoms with E-state index in [2.05, 4.69) is 0 Å². The van der Waals surface area contributed by atoms with Gasteiger partial charge in [-0.05, 0) is 11.0 Å². The second-order valence-corrected chi connectivity index (χ2v) is 8.30. The molecule has 8 heteroatoms. The van der Waals surface area contributed by atoms with Crippen LogP contribution in [0.5, 0.6) is 0 Å². The molecule has 1 aromatic rings. The molecule has 1 aliphatic heterocycles. The highest BCUT2D eigenvalue weighted by molar-refractivity contribution is 8.00. The summed E-state index contributed by atoms with van der Waals surface area (Å²) >= 11 is 1.65. The lowest BCUT2D eigenvalue weighted by atomic mass is 9.79. The standard InChI is InChI=1S/C12H18BNO4S2/c1-20(17,18)12-9-19-6-5-14(12)8-10-3-2-4-11(7-10)13(15)16/h2-4,7,12,15-16H,5-6,8-9H2,1H3. The Labute approximate surface area is 124 Å². The fraction of sp³-hybridized carbons (Fsp3) is 0.500. The number of thioether (sulfide) groups is 1. The Morgan fingerprint density at radius 1 is 1.45 bits per heavy atom. The summed E-state index contributed by atoms with van der Waals surface area (Å²) in [5, 5.41) is 17.9. The van der Waals surface area contributed by atoms with Crippen LogP contribution in [0.15, 0.2) is 24.3 Å². The second-order valence-electron chi connectivity index (χ2n) is 4.95. The number of nitrogens with zero attached hydrogens (tertiary/aromatic N) is 1. The second kappa shape index (κ2) is 6.49. The van der Waals surface area contributed by atoms with Crippen LogP contribution in [0.25, 0.3) is 0 Å². The Bertz CT molecular complexity index is 564. The van der Waals surface area contributed by atoms with Gasteiger partial charge in [0.15, 0.2) is 9.84 Å². The monoisotopic (exact) mass is 315 g/mol. The first-order chi connectivity index (χ1) is 9.38. The molecule has 1 atom stereocenters. The van der Waals surface area contributed by atoms with Crippen LogP contribution in [0, 0.1) is 0 Å². The first kappa shape index (κ1) is 15.8. The van der Waals surface area contributed by atoms with Crippen LogP contribution in [-0.2, 0) is 16.4 Å². The zero-order valence-corrected chi connectivity index (χ0v) is 12.9. The van der Waals surface area contributed by atoms with Crippen LogP contribution in [0.1, 0.15) is 5.56 Å². The van der Waals surface area contributed by atoms with Crippen molar-refractivity contribution in [2.45, 2.75) is 11.9 Å². The fourth-order valence-corrected chi connectivity index (χ4v) is 5.22. The van der Waals surface area contributed by atoms with E-state index >= 15 is 0 Å². The number of rotatable bonds is 4. The van der Waals surface area contributed by atoms with E-state index in [1.165, 1.54) is 6.26 Å². The minimum Gasteiger partial charge on any atom is -0.423 e. The Morgan fingerprint density at radius 2 is 2.20 bits per heavy atom. The predicted octanol–water partition coefficient (Wildman–Crippen LogP) is -0.714. The molecule has 0 aromatic heterocycles. The fourth-order valence-electron chi connectivity index (χ4n) is 2.28. The molecule has 1 aliphatic rings. The van der Waals surface area contributed by atoms with Crippen molar-refractivity contribution in [3.63, 3.8) is 0 Å². The van der Waals surface area contributed by atoms with Gasteiger partial charge in [0.1, 0.15) is 5.37 Å². The lowest BCUT2D eigenvalue weighted by Crippen LogP contribution is -2.46. The highest BCUT2D eigenvalue weighted by Gasteiger charge is 2.30. The minimum absolute atomic E-state index is 0.421. The summed E-state index contributed by atoms with van der Waals surface area (Å²) in [4.78, 5) is 1.94. The lowest BCUT2D eigenvalue weighted by Gasteiger charge is -2.34. The Kier molecular flexibility index (Phi) is 5.14. The third kappa shape index (κ3) is 3.99. The van der Waals surface area contributed by atoms with E-state index in [0.717, 1.165) is 11.3 Å². The number of hydrogen-bond acceptors (Lipinski definition) is 6. The normalized spacial score (nSPS) is 20.9.